The maximum Gasteiger partial charge on any atom is 0.296 e. The van der Waals surface area contributed by atoms with Gasteiger partial charge in [-0.15, -0.1) is 0 Å². The van der Waals surface area contributed by atoms with Crippen LogP contribution in [-0.2, 0) is 16.1 Å². The van der Waals surface area contributed by atoms with Crippen molar-refractivity contribution < 1.29 is 19.4 Å². The summed E-state index contributed by atoms with van der Waals surface area (Å²) in [6.45, 7) is 4.70. The van der Waals surface area contributed by atoms with Gasteiger partial charge in [0, 0.05) is 11.8 Å². The van der Waals surface area contributed by atoms with E-state index in [0.29, 0.717) is 23.6 Å². The lowest BCUT2D eigenvalue weighted by atomic mass is 9.92. The standard InChI is InChI=1S/C27H26N2O4/c1-3-16-33-21-13-11-19(12-14-21)25(30)23-24(22-10-5-4-8-18(22)2)29(27(32)26(23)31)17-20-9-6-7-15-28-20/h4-15,24,30H,3,16-17H2,1-2H3/b25-23+. The van der Waals surface area contributed by atoms with Gasteiger partial charge < -0.3 is 14.7 Å². The molecule has 1 unspecified atom stereocenters. The highest BCUT2D eigenvalue weighted by atomic mass is 16.5. The number of ether oxygens (including phenoxy) is 1. The molecule has 1 aromatic heterocycles. The van der Waals surface area contributed by atoms with Crippen LogP contribution < -0.4 is 4.74 Å². The van der Waals surface area contributed by atoms with Gasteiger partial charge in [0.1, 0.15) is 11.5 Å². The Morgan fingerprint density at radius 1 is 1.03 bits per heavy atom. The van der Waals surface area contributed by atoms with Crippen molar-refractivity contribution in [3.8, 4) is 5.75 Å². The SMILES string of the molecule is CCCOc1ccc(/C(O)=C2\C(=O)C(=O)N(Cc3ccccn3)C2c2ccccc2C)cc1. The van der Waals surface area contributed by atoms with Crippen molar-refractivity contribution >= 4 is 17.4 Å². The van der Waals surface area contributed by atoms with Crippen LogP contribution in [0.3, 0.4) is 0 Å². The molecule has 0 saturated carbocycles. The van der Waals surface area contributed by atoms with Crippen molar-refractivity contribution in [2.75, 3.05) is 6.61 Å². The first-order valence-electron chi connectivity index (χ1n) is 11.0. The Labute approximate surface area is 193 Å². The third-order valence-electron chi connectivity index (χ3n) is 5.68. The topological polar surface area (TPSA) is 79.7 Å². The minimum absolute atomic E-state index is 0.0763. The van der Waals surface area contributed by atoms with E-state index in [9.17, 15) is 14.7 Å². The second-order valence-electron chi connectivity index (χ2n) is 7.98. The monoisotopic (exact) mass is 442 g/mol. The fourth-order valence-electron chi connectivity index (χ4n) is 4.01. The first-order chi connectivity index (χ1) is 16.0. The molecule has 2 aromatic carbocycles. The van der Waals surface area contributed by atoms with Gasteiger partial charge in [-0.25, -0.2) is 0 Å². The number of nitrogens with zero attached hydrogens (tertiary/aromatic N) is 2. The van der Waals surface area contributed by atoms with Gasteiger partial charge in [-0.05, 0) is 60.9 Å². The molecule has 168 valence electrons. The Hall–Kier alpha value is -3.93. The van der Waals surface area contributed by atoms with E-state index in [1.54, 1.807) is 36.5 Å². The maximum atomic E-state index is 13.2. The van der Waals surface area contributed by atoms with E-state index in [1.807, 2.05) is 50.2 Å². The van der Waals surface area contributed by atoms with Gasteiger partial charge in [0.15, 0.2) is 0 Å². The van der Waals surface area contributed by atoms with Crippen LogP contribution in [0.4, 0.5) is 0 Å². The van der Waals surface area contributed by atoms with Gasteiger partial charge in [-0.3, -0.25) is 14.6 Å². The van der Waals surface area contributed by atoms with Crippen molar-refractivity contribution in [2.24, 2.45) is 0 Å². The molecule has 3 aromatic rings. The molecule has 1 aliphatic rings. The van der Waals surface area contributed by atoms with Crippen molar-refractivity contribution in [3.63, 3.8) is 0 Å². The van der Waals surface area contributed by atoms with Crippen LogP contribution in [0.1, 0.15) is 41.8 Å². The third kappa shape index (κ3) is 4.51. The summed E-state index contributed by atoms with van der Waals surface area (Å²) in [6, 6.07) is 19.2. The summed E-state index contributed by atoms with van der Waals surface area (Å²) in [4.78, 5) is 32.1. The molecule has 1 N–H and O–H groups in total. The van der Waals surface area contributed by atoms with Crippen molar-refractivity contribution in [2.45, 2.75) is 32.9 Å². The number of ketones is 1. The lowest BCUT2D eigenvalue weighted by Crippen LogP contribution is -2.29. The van der Waals surface area contributed by atoms with E-state index in [4.69, 9.17) is 4.74 Å². The summed E-state index contributed by atoms with van der Waals surface area (Å²) < 4.78 is 5.61. The minimum Gasteiger partial charge on any atom is -0.507 e. The summed E-state index contributed by atoms with van der Waals surface area (Å²) in [5.74, 6) is -0.882. The summed E-state index contributed by atoms with van der Waals surface area (Å²) in [7, 11) is 0. The van der Waals surface area contributed by atoms with Crippen LogP contribution in [0.25, 0.3) is 5.76 Å². The van der Waals surface area contributed by atoms with Crippen molar-refractivity contribution in [3.05, 3.63) is 101 Å². The zero-order chi connectivity index (χ0) is 23.4. The highest BCUT2D eigenvalue weighted by Crippen LogP contribution is 2.41. The molecule has 33 heavy (non-hydrogen) atoms. The quantitative estimate of drug-likeness (QED) is 0.323. The van der Waals surface area contributed by atoms with Gasteiger partial charge in [0.05, 0.1) is 30.5 Å². The molecule has 1 atom stereocenters. The molecule has 0 radical (unpaired) electrons. The number of Topliss-reactive ketones (excluding diaryl/α,β-unsaturated/α-hetero) is 1. The van der Waals surface area contributed by atoms with E-state index in [-0.39, 0.29) is 17.9 Å². The molecule has 1 amide bonds. The molecular formula is C27H26N2O4. The van der Waals surface area contributed by atoms with E-state index >= 15 is 0 Å². The van der Waals surface area contributed by atoms with Crippen LogP contribution in [0.15, 0.2) is 78.5 Å². The normalized spacial score (nSPS) is 17.4. The highest BCUT2D eigenvalue weighted by Gasteiger charge is 2.46. The first-order valence-corrected chi connectivity index (χ1v) is 11.0. The summed E-state index contributed by atoms with van der Waals surface area (Å²) >= 11 is 0. The van der Waals surface area contributed by atoms with E-state index < -0.39 is 17.7 Å². The number of carbonyl (C=O) groups excluding carboxylic acids is 2. The van der Waals surface area contributed by atoms with Crippen LogP contribution in [-0.4, -0.2) is 33.3 Å². The molecule has 0 spiro atoms. The number of aliphatic hydroxyl groups excluding tert-OH is 1. The molecule has 1 aliphatic heterocycles. The largest absolute Gasteiger partial charge is 0.507 e. The van der Waals surface area contributed by atoms with Gasteiger partial charge in [0.25, 0.3) is 11.7 Å². The Morgan fingerprint density at radius 3 is 2.42 bits per heavy atom. The predicted octanol–water partition coefficient (Wildman–Crippen LogP) is 4.80. The predicted molar refractivity (Wildman–Crippen MR) is 125 cm³/mol. The number of aromatic nitrogens is 1. The Balaban J connectivity index is 1.80. The molecule has 1 saturated heterocycles. The Morgan fingerprint density at radius 2 is 1.76 bits per heavy atom. The van der Waals surface area contributed by atoms with E-state index in [1.165, 1.54) is 4.90 Å². The highest BCUT2D eigenvalue weighted by molar-refractivity contribution is 6.46. The second-order valence-corrected chi connectivity index (χ2v) is 7.98. The van der Waals surface area contributed by atoms with Crippen LogP contribution in [0, 0.1) is 6.92 Å². The lowest BCUT2D eigenvalue weighted by Gasteiger charge is -2.26. The van der Waals surface area contributed by atoms with Gasteiger partial charge >= 0.3 is 0 Å². The second kappa shape index (κ2) is 9.69. The zero-order valence-electron chi connectivity index (χ0n) is 18.7. The fraction of sp³-hybridized carbons (Fsp3) is 0.222. The van der Waals surface area contributed by atoms with Gasteiger partial charge in [-0.1, -0.05) is 37.3 Å². The summed E-state index contributed by atoms with van der Waals surface area (Å²) in [6.07, 6.45) is 2.54. The number of hydrogen-bond donors (Lipinski definition) is 1. The molecule has 6 nitrogen and oxygen atoms in total. The average Bonchev–Trinajstić information content (AvgIpc) is 3.08. The number of benzene rings is 2. The third-order valence-corrected chi connectivity index (χ3v) is 5.68. The lowest BCUT2D eigenvalue weighted by molar-refractivity contribution is -0.140. The molecule has 4 rings (SSSR count). The zero-order valence-corrected chi connectivity index (χ0v) is 18.7. The molecular weight excluding hydrogens is 416 g/mol. The van der Waals surface area contributed by atoms with E-state index in [0.717, 1.165) is 17.5 Å². The fourth-order valence-corrected chi connectivity index (χ4v) is 4.01. The molecule has 0 bridgehead atoms. The van der Waals surface area contributed by atoms with Crippen molar-refractivity contribution in [1.29, 1.82) is 0 Å². The van der Waals surface area contributed by atoms with Crippen LogP contribution in [0.2, 0.25) is 0 Å². The number of hydrogen-bond acceptors (Lipinski definition) is 5. The average molecular weight is 443 g/mol. The van der Waals surface area contributed by atoms with Crippen LogP contribution >= 0.6 is 0 Å². The van der Waals surface area contributed by atoms with Crippen molar-refractivity contribution in [1.82, 2.24) is 9.88 Å². The summed E-state index contributed by atoms with van der Waals surface area (Å²) in [5.41, 5.74) is 2.90. The first kappa shape index (κ1) is 22.3. The van der Waals surface area contributed by atoms with Gasteiger partial charge in [0.2, 0.25) is 0 Å². The number of carbonyl (C=O) groups is 2. The number of amides is 1. The van der Waals surface area contributed by atoms with E-state index in [2.05, 4.69) is 4.98 Å². The van der Waals surface area contributed by atoms with Crippen LogP contribution in [0.5, 0.6) is 5.75 Å². The maximum absolute atomic E-state index is 13.2. The molecule has 2 heterocycles. The number of pyridine rings is 1. The molecule has 1 fully saturated rings. The molecule has 0 aliphatic carbocycles. The number of aryl methyl sites for hydroxylation is 1. The van der Waals surface area contributed by atoms with Gasteiger partial charge in [-0.2, -0.15) is 0 Å². The number of likely N-dealkylation sites (tertiary alicyclic amines) is 1. The summed E-state index contributed by atoms with van der Waals surface area (Å²) in [5, 5.41) is 11.2. The molecule has 6 heteroatoms. The number of aliphatic hydroxyl groups is 1. The number of rotatable bonds is 7. The smallest absolute Gasteiger partial charge is 0.296 e. The Bertz CT molecular complexity index is 1190. The Kier molecular flexibility index (Phi) is 6.54. The minimum atomic E-state index is -0.718.